The van der Waals surface area contributed by atoms with Crippen molar-refractivity contribution in [3.8, 4) is 0 Å². The molecule has 0 spiro atoms. The van der Waals surface area contributed by atoms with Crippen LogP contribution in [0.25, 0.3) is 0 Å². The Balaban J connectivity index is 1.87. The molecule has 0 amide bonds. The van der Waals surface area contributed by atoms with Gasteiger partial charge in [0.05, 0.1) is 0 Å². The van der Waals surface area contributed by atoms with Crippen LogP contribution in [0.2, 0.25) is 0 Å². The van der Waals surface area contributed by atoms with Crippen molar-refractivity contribution in [1.29, 1.82) is 0 Å². The molecule has 0 radical (unpaired) electrons. The van der Waals surface area contributed by atoms with Gasteiger partial charge in [-0.3, -0.25) is 19.1 Å². The molecule has 26 heavy (non-hydrogen) atoms. The maximum absolute atomic E-state index is 11.8. The molecular weight excluding hydrogens is 344 g/mol. The van der Waals surface area contributed by atoms with Crippen LogP contribution in [0.15, 0.2) is 34.0 Å². The molecule has 1 aromatic heterocycles. The van der Waals surface area contributed by atoms with Gasteiger partial charge in [0.15, 0.2) is 6.23 Å². The molecule has 1 aliphatic heterocycles. The molecule has 0 aliphatic carbocycles. The van der Waals surface area contributed by atoms with E-state index in [1.807, 2.05) is 24.1 Å². The number of carbonyl (C=O) groups is 1. The Morgan fingerprint density at radius 1 is 1.35 bits per heavy atom. The topological polar surface area (TPSA) is 131 Å². The smallest absolute Gasteiger partial charge is 0.330 e. The van der Waals surface area contributed by atoms with Crippen molar-refractivity contribution in [2.24, 2.45) is 0 Å². The monoisotopic (exact) mass is 368 g/mol. The number of aromatic amines is 1. The van der Waals surface area contributed by atoms with Gasteiger partial charge in [0.1, 0.15) is 24.9 Å². The maximum atomic E-state index is 11.8. The fraction of sp³-hybridized carbons (Fsp3) is 0.588. The van der Waals surface area contributed by atoms with Crippen LogP contribution in [-0.2, 0) is 14.3 Å². The number of aliphatic hydroxyl groups is 2. The Morgan fingerprint density at radius 2 is 2.12 bits per heavy atom. The summed E-state index contributed by atoms with van der Waals surface area (Å²) >= 11 is 0. The van der Waals surface area contributed by atoms with Gasteiger partial charge in [0.25, 0.3) is 5.56 Å². The van der Waals surface area contributed by atoms with Crippen LogP contribution in [0.4, 0.5) is 0 Å². The van der Waals surface area contributed by atoms with Crippen LogP contribution in [0, 0.1) is 0 Å². The maximum Gasteiger partial charge on any atom is 0.330 e. The fourth-order valence-electron chi connectivity index (χ4n) is 2.62. The molecule has 1 saturated heterocycles. The van der Waals surface area contributed by atoms with E-state index in [9.17, 15) is 24.6 Å². The van der Waals surface area contributed by atoms with Crippen molar-refractivity contribution >= 4 is 5.97 Å². The van der Waals surface area contributed by atoms with Gasteiger partial charge < -0.3 is 19.7 Å². The third-order valence-corrected chi connectivity index (χ3v) is 4.03. The predicted molar refractivity (Wildman–Crippen MR) is 91.5 cm³/mol. The lowest BCUT2D eigenvalue weighted by Gasteiger charge is -2.16. The minimum atomic E-state index is -1.40. The van der Waals surface area contributed by atoms with E-state index < -0.39 is 41.8 Å². The second kappa shape index (κ2) is 9.46. The first-order valence-corrected chi connectivity index (χ1v) is 8.57. The highest BCUT2D eigenvalue weighted by Crippen LogP contribution is 2.28. The summed E-state index contributed by atoms with van der Waals surface area (Å²) in [5.74, 6) is -0.426. The first kappa shape index (κ1) is 20.1. The van der Waals surface area contributed by atoms with Gasteiger partial charge in [0, 0.05) is 18.7 Å². The Bertz CT molecular complexity index is 739. The number of nitrogens with one attached hydrogen (secondary N) is 1. The van der Waals surface area contributed by atoms with Gasteiger partial charge in [-0.2, -0.15) is 0 Å². The molecule has 2 heterocycles. The number of nitrogens with zero attached hydrogens (tertiary/aromatic N) is 1. The number of unbranched alkanes of at least 4 members (excludes halogenated alkanes) is 1. The number of aromatic nitrogens is 2. The summed E-state index contributed by atoms with van der Waals surface area (Å²) < 4.78 is 11.5. The second-order valence-corrected chi connectivity index (χ2v) is 6.02. The molecule has 1 fully saturated rings. The highest BCUT2D eigenvalue weighted by molar-refractivity contribution is 5.69. The molecule has 1 aliphatic rings. The lowest BCUT2D eigenvalue weighted by molar-refractivity contribution is -0.150. The number of carbonyl (C=O) groups excluding carboxylic acids is 1. The molecule has 0 saturated carbocycles. The highest BCUT2D eigenvalue weighted by Gasteiger charge is 2.44. The molecular formula is C17H24N2O7. The summed E-state index contributed by atoms with van der Waals surface area (Å²) in [6, 6.07) is 1.10. The zero-order valence-corrected chi connectivity index (χ0v) is 14.5. The van der Waals surface area contributed by atoms with Crippen molar-refractivity contribution in [3.63, 3.8) is 0 Å². The number of esters is 1. The molecule has 0 unspecified atom stereocenters. The van der Waals surface area contributed by atoms with Gasteiger partial charge in [0.2, 0.25) is 0 Å². The molecule has 0 bridgehead atoms. The van der Waals surface area contributed by atoms with Gasteiger partial charge in [-0.1, -0.05) is 19.1 Å². The molecule has 3 N–H and O–H groups in total. The van der Waals surface area contributed by atoms with Crippen molar-refractivity contribution in [2.45, 2.75) is 57.1 Å². The number of ether oxygens (including phenoxy) is 2. The molecule has 9 heteroatoms. The zero-order valence-electron chi connectivity index (χ0n) is 14.5. The number of hydrogen-bond donors (Lipinski definition) is 3. The van der Waals surface area contributed by atoms with E-state index in [0.29, 0.717) is 6.42 Å². The Morgan fingerprint density at radius 3 is 2.81 bits per heavy atom. The number of aliphatic hydroxyl groups excluding tert-OH is 2. The van der Waals surface area contributed by atoms with E-state index in [1.54, 1.807) is 0 Å². The van der Waals surface area contributed by atoms with E-state index in [-0.39, 0.29) is 13.0 Å². The quantitative estimate of drug-likeness (QED) is 0.330. The summed E-state index contributed by atoms with van der Waals surface area (Å²) in [5, 5.41) is 20.1. The van der Waals surface area contributed by atoms with E-state index >= 15 is 0 Å². The third-order valence-electron chi connectivity index (χ3n) is 4.03. The zero-order chi connectivity index (χ0) is 19.1. The van der Waals surface area contributed by atoms with Crippen molar-refractivity contribution in [2.75, 3.05) is 6.61 Å². The Labute approximate surface area is 149 Å². The summed E-state index contributed by atoms with van der Waals surface area (Å²) in [5.41, 5.74) is -1.36. The van der Waals surface area contributed by atoms with Crippen LogP contribution in [0.1, 0.15) is 38.8 Å². The Kier molecular flexibility index (Phi) is 7.31. The summed E-state index contributed by atoms with van der Waals surface area (Å²) in [6.45, 7) is 1.79. The third kappa shape index (κ3) is 5.13. The predicted octanol–water partition coefficient (Wildman–Crippen LogP) is -0.164. The molecule has 2 rings (SSSR count). The largest absolute Gasteiger partial charge is 0.463 e. The molecule has 144 valence electrons. The first-order chi connectivity index (χ1) is 12.4. The first-order valence-electron chi connectivity index (χ1n) is 8.57. The van der Waals surface area contributed by atoms with Crippen LogP contribution >= 0.6 is 0 Å². The van der Waals surface area contributed by atoms with Crippen molar-refractivity contribution < 1.29 is 24.5 Å². The van der Waals surface area contributed by atoms with Gasteiger partial charge in [-0.25, -0.2) is 4.79 Å². The van der Waals surface area contributed by atoms with E-state index in [0.717, 1.165) is 23.5 Å². The lowest BCUT2D eigenvalue weighted by atomic mass is 10.1. The van der Waals surface area contributed by atoms with Crippen LogP contribution in [0.3, 0.4) is 0 Å². The molecule has 1 aromatic rings. The second-order valence-electron chi connectivity index (χ2n) is 6.02. The SMILES string of the molecule is CCC=CCCCC(=O)OC[C@H]1O[C@@H](n2ccc(=O)[nH]c2=O)[C@H](O)[C@@H]1O. The molecule has 0 aromatic carbocycles. The van der Waals surface area contributed by atoms with Gasteiger partial charge in [-0.05, 0) is 19.3 Å². The van der Waals surface area contributed by atoms with Crippen LogP contribution in [0.5, 0.6) is 0 Å². The minimum Gasteiger partial charge on any atom is -0.463 e. The number of allylic oxidation sites excluding steroid dienone is 2. The van der Waals surface area contributed by atoms with Crippen LogP contribution < -0.4 is 11.2 Å². The normalized spacial score (nSPS) is 25.7. The number of hydrogen-bond acceptors (Lipinski definition) is 7. The van der Waals surface area contributed by atoms with Crippen molar-refractivity contribution in [1.82, 2.24) is 9.55 Å². The summed E-state index contributed by atoms with van der Waals surface area (Å²) in [6.07, 6.45) is 2.92. The van der Waals surface area contributed by atoms with Gasteiger partial charge >= 0.3 is 11.7 Å². The van der Waals surface area contributed by atoms with Gasteiger partial charge in [-0.15, -0.1) is 0 Å². The average Bonchev–Trinajstić information content (AvgIpc) is 2.88. The van der Waals surface area contributed by atoms with E-state index in [2.05, 4.69) is 0 Å². The summed E-state index contributed by atoms with van der Waals surface area (Å²) in [4.78, 5) is 36.7. The highest BCUT2D eigenvalue weighted by atomic mass is 16.6. The minimum absolute atomic E-state index is 0.238. The van der Waals surface area contributed by atoms with Crippen molar-refractivity contribution in [3.05, 3.63) is 45.3 Å². The lowest BCUT2D eigenvalue weighted by Crippen LogP contribution is -2.37. The fourth-order valence-corrected chi connectivity index (χ4v) is 2.62. The summed E-state index contributed by atoms with van der Waals surface area (Å²) in [7, 11) is 0. The van der Waals surface area contributed by atoms with E-state index in [4.69, 9.17) is 9.47 Å². The number of rotatable bonds is 8. The van der Waals surface area contributed by atoms with E-state index in [1.165, 1.54) is 6.20 Å². The van der Waals surface area contributed by atoms with Crippen LogP contribution in [-0.4, -0.2) is 50.7 Å². The molecule has 9 nitrogen and oxygen atoms in total. The standard InChI is InChI=1S/C17H24N2O7/c1-2-3-4-5-6-7-13(21)25-10-11-14(22)15(23)16(26-11)19-9-8-12(20)18-17(19)24/h3-4,8-9,11,14-16,22-23H,2,5-7,10H2,1H3,(H,18,20,24)/t11-,14-,15-,16-/m1/s1. The molecule has 4 atom stereocenters. The Hall–Kier alpha value is -2.23. The number of H-pyrrole nitrogens is 1. The average molecular weight is 368 g/mol.